The lowest BCUT2D eigenvalue weighted by atomic mass is 10.0. The minimum absolute atomic E-state index is 0.146. The number of quaternary nitrogens is 1. The molecule has 2 atom stereocenters. The maximum absolute atomic E-state index is 13.0. The van der Waals surface area contributed by atoms with Crippen molar-refractivity contribution in [3.05, 3.63) is 97.2 Å². The number of hydrogen-bond donors (Lipinski definition) is 0. The number of hydrogen-bond acceptors (Lipinski definition) is 8. The average molecular weight is 1370 g/mol. The summed E-state index contributed by atoms with van der Waals surface area (Å²) in [5.41, 5.74) is 0. The first-order chi connectivity index (χ1) is 48.1. The second-order valence-electron chi connectivity index (χ2n) is 29.4. The fraction of sp³-hybridized carbons (Fsp3) is 0.787. The minimum Gasteiger partial charge on any atom is -0.545 e. The topological polar surface area (TPSA) is 111 Å². The number of ether oxygens (including phenoxy) is 4. The van der Waals surface area contributed by atoms with Gasteiger partial charge in [-0.2, -0.15) is 0 Å². The molecule has 9 nitrogen and oxygen atoms in total. The molecule has 0 saturated carbocycles. The normalized spacial score (nSPS) is 13.1. The van der Waals surface area contributed by atoms with Crippen LogP contribution in [0.15, 0.2) is 97.2 Å². The number of likely N-dealkylation sites (N-methyl/N-ethyl adjacent to an activating group) is 1. The zero-order valence-electron chi connectivity index (χ0n) is 65.2. The van der Waals surface area contributed by atoms with Crippen LogP contribution in [0.1, 0.15) is 393 Å². The van der Waals surface area contributed by atoms with Crippen LogP contribution in [0.25, 0.3) is 0 Å². The zero-order chi connectivity index (χ0) is 71.1. The molecule has 0 N–H and O–H groups in total. The number of aliphatic carboxylic acids is 1. The summed E-state index contributed by atoms with van der Waals surface area (Å²) >= 11 is 0. The van der Waals surface area contributed by atoms with Crippen LogP contribution in [0, 0.1) is 0 Å². The van der Waals surface area contributed by atoms with Crippen molar-refractivity contribution in [2.24, 2.45) is 0 Å². The Balaban J connectivity index is 4.00. The lowest BCUT2D eigenvalue weighted by molar-refractivity contribution is -0.870. The molecule has 0 heterocycles. The summed E-state index contributed by atoms with van der Waals surface area (Å²) in [4.78, 5) is 37.6. The highest BCUT2D eigenvalue weighted by Gasteiger charge is 2.22. The number of carboxylic acid groups (broad SMARTS) is 1. The summed E-state index contributed by atoms with van der Waals surface area (Å²) in [5, 5.41) is 11.9. The highest BCUT2D eigenvalue weighted by atomic mass is 16.7. The molecule has 568 valence electrons. The van der Waals surface area contributed by atoms with Crippen molar-refractivity contribution in [2.45, 2.75) is 405 Å². The molecule has 0 aromatic rings. The second kappa shape index (κ2) is 78.9. The standard InChI is InChI=1S/C89H159NO8/c1-6-8-10-12-14-16-18-20-22-24-26-28-30-32-34-36-38-40-42-44-46-48-50-52-54-56-58-60-62-64-66-68-70-72-74-76-78-80-87(92)98-85(84-97-89(88(93)94)95-82-81-90(3,4)5)83-96-86(91)79-77-75-73-71-69-67-65-63-61-59-57-55-53-51-49-47-45-43-41-39-37-35-33-31-29-27-25-23-21-19-17-15-13-11-9-7-2/h8,10,14,16,20,22,26,28,32,34,38,40,44,46,50,52,85,89H,6-7,9,11-13,15,17-19,21,23-25,27,29-31,33,35-37,39,41-43,45,47-49,51,53-84H2,1-5H3/b10-8-,16-14-,22-20-,28-26-,34-32-,40-38-,46-44-,52-50-. The molecule has 0 radical (unpaired) electrons. The molecule has 0 aromatic carbocycles. The third kappa shape index (κ3) is 79.5. The Morgan fingerprint density at radius 1 is 0.316 bits per heavy atom. The molecule has 0 spiro atoms. The Hall–Kier alpha value is -3.79. The molecule has 2 unspecified atom stereocenters. The third-order valence-corrected chi connectivity index (χ3v) is 18.6. The van der Waals surface area contributed by atoms with Gasteiger partial charge in [-0.3, -0.25) is 9.59 Å². The van der Waals surface area contributed by atoms with Gasteiger partial charge in [-0.15, -0.1) is 0 Å². The lowest BCUT2D eigenvalue weighted by Gasteiger charge is -2.26. The molecular weight excluding hydrogens is 1210 g/mol. The highest BCUT2D eigenvalue weighted by Crippen LogP contribution is 2.20. The minimum atomic E-state index is -1.63. The Kier molecular flexibility index (Phi) is 75.9. The van der Waals surface area contributed by atoms with Gasteiger partial charge >= 0.3 is 11.9 Å². The van der Waals surface area contributed by atoms with Crippen molar-refractivity contribution in [1.29, 1.82) is 0 Å². The summed E-state index contributed by atoms with van der Waals surface area (Å²) in [6.07, 6.45) is 107. The van der Waals surface area contributed by atoms with E-state index in [2.05, 4.69) is 111 Å². The predicted molar refractivity (Wildman–Crippen MR) is 421 cm³/mol. The van der Waals surface area contributed by atoms with E-state index in [4.69, 9.17) is 18.9 Å². The Morgan fingerprint density at radius 2 is 0.582 bits per heavy atom. The van der Waals surface area contributed by atoms with Gasteiger partial charge in [-0.1, -0.05) is 400 Å². The van der Waals surface area contributed by atoms with Gasteiger partial charge in [0.2, 0.25) is 0 Å². The molecule has 9 heteroatoms. The van der Waals surface area contributed by atoms with E-state index < -0.39 is 24.3 Å². The molecule has 0 fully saturated rings. The third-order valence-electron chi connectivity index (χ3n) is 18.6. The largest absolute Gasteiger partial charge is 0.545 e. The van der Waals surface area contributed by atoms with Gasteiger partial charge in [-0.25, -0.2) is 0 Å². The van der Waals surface area contributed by atoms with Gasteiger partial charge in [0.15, 0.2) is 12.4 Å². The fourth-order valence-electron chi connectivity index (χ4n) is 12.3. The first-order valence-electron chi connectivity index (χ1n) is 41.9. The van der Waals surface area contributed by atoms with Gasteiger partial charge in [0, 0.05) is 12.8 Å². The van der Waals surface area contributed by atoms with E-state index in [1.165, 1.54) is 270 Å². The predicted octanol–water partition coefficient (Wildman–Crippen LogP) is 25.8. The summed E-state index contributed by atoms with van der Waals surface area (Å²) in [6, 6.07) is 0. The van der Waals surface area contributed by atoms with Crippen molar-refractivity contribution in [3.63, 3.8) is 0 Å². The van der Waals surface area contributed by atoms with Crippen LogP contribution in [0.5, 0.6) is 0 Å². The molecule has 0 rings (SSSR count). The van der Waals surface area contributed by atoms with Gasteiger partial charge < -0.3 is 33.3 Å². The highest BCUT2D eigenvalue weighted by molar-refractivity contribution is 5.70. The van der Waals surface area contributed by atoms with E-state index in [0.29, 0.717) is 23.9 Å². The second-order valence-corrected chi connectivity index (χ2v) is 29.4. The quantitative estimate of drug-likeness (QED) is 0.0195. The van der Waals surface area contributed by atoms with E-state index in [9.17, 15) is 19.5 Å². The number of carbonyl (C=O) groups excluding carboxylic acids is 3. The summed E-state index contributed by atoms with van der Waals surface area (Å²) < 4.78 is 22.9. The van der Waals surface area contributed by atoms with Crippen LogP contribution < -0.4 is 5.11 Å². The van der Waals surface area contributed by atoms with Crippen LogP contribution >= 0.6 is 0 Å². The number of carboxylic acids is 1. The summed E-state index contributed by atoms with van der Waals surface area (Å²) in [5.74, 6) is -2.27. The van der Waals surface area contributed by atoms with Crippen molar-refractivity contribution >= 4 is 17.9 Å². The van der Waals surface area contributed by atoms with Crippen LogP contribution in [0.3, 0.4) is 0 Å². The lowest BCUT2D eigenvalue weighted by Crippen LogP contribution is -2.44. The van der Waals surface area contributed by atoms with Crippen LogP contribution in [-0.4, -0.2) is 82.3 Å². The smallest absolute Gasteiger partial charge is 0.306 e. The van der Waals surface area contributed by atoms with Gasteiger partial charge in [0.25, 0.3) is 0 Å². The maximum Gasteiger partial charge on any atom is 0.306 e. The number of esters is 2. The van der Waals surface area contributed by atoms with E-state index in [1.807, 2.05) is 21.1 Å². The van der Waals surface area contributed by atoms with E-state index >= 15 is 0 Å². The zero-order valence-corrected chi connectivity index (χ0v) is 65.2. The number of carbonyl (C=O) groups is 3. The molecule has 0 aliphatic rings. The molecule has 0 bridgehead atoms. The Labute approximate surface area is 607 Å². The molecule has 0 aliphatic heterocycles. The first-order valence-corrected chi connectivity index (χ1v) is 41.9. The number of nitrogens with zero attached hydrogens (tertiary/aromatic N) is 1. The molecule has 0 aliphatic carbocycles. The number of rotatable bonds is 78. The number of allylic oxidation sites excluding steroid dienone is 16. The van der Waals surface area contributed by atoms with Crippen molar-refractivity contribution in [2.75, 3.05) is 47.5 Å². The molecule has 0 saturated heterocycles. The van der Waals surface area contributed by atoms with E-state index in [-0.39, 0.29) is 32.2 Å². The van der Waals surface area contributed by atoms with Crippen LogP contribution in [0.4, 0.5) is 0 Å². The van der Waals surface area contributed by atoms with E-state index in [0.717, 1.165) is 89.9 Å². The van der Waals surface area contributed by atoms with Gasteiger partial charge in [0.05, 0.1) is 40.3 Å². The summed E-state index contributed by atoms with van der Waals surface area (Å²) in [7, 11) is 5.94. The first kappa shape index (κ1) is 94.2. The van der Waals surface area contributed by atoms with Crippen LogP contribution in [-0.2, 0) is 33.3 Å². The molecule has 98 heavy (non-hydrogen) atoms. The maximum atomic E-state index is 13.0. The SMILES string of the molecule is CC/C=C\C/C=C\C/C=C\C/C=C\C/C=C\C/C=C\C/C=C\C/C=C\CCCCCCCCCCCCCCC(=O)OC(COC(=O)CCCCCCCCCCCCCCCCCCCCCCCCCCCCCCCCCCCCCC)COC(OCC[N+](C)(C)C)C(=O)[O-]. The monoisotopic (exact) mass is 1370 g/mol. The van der Waals surface area contributed by atoms with Crippen molar-refractivity contribution in [3.8, 4) is 0 Å². The van der Waals surface area contributed by atoms with E-state index in [1.54, 1.807) is 0 Å². The average Bonchev–Trinajstić information content (AvgIpc) is 1.26. The Morgan fingerprint density at radius 3 is 0.867 bits per heavy atom. The molecule has 0 aromatic heterocycles. The fourth-order valence-corrected chi connectivity index (χ4v) is 12.3. The molecular formula is C89H159NO8. The van der Waals surface area contributed by atoms with Crippen molar-refractivity contribution < 1.29 is 42.9 Å². The van der Waals surface area contributed by atoms with Gasteiger partial charge in [0.1, 0.15) is 13.2 Å². The summed E-state index contributed by atoms with van der Waals surface area (Å²) in [6.45, 7) is 4.69. The van der Waals surface area contributed by atoms with Gasteiger partial charge in [-0.05, 0) is 77.0 Å². The van der Waals surface area contributed by atoms with Crippen molar-refractivity contribution in [1.82, 2.24) is 0 Å². The molecule has 0 amide bonds. The number of unbranched alkanes of at least 4 members (excludes halogenated alkanes) is 47. The Bertz CT molecular complexity index is 1940. The van der Waals surface area contributed by atoms with Crippen LogP contribution in [0.2, 0.25) is 0 Å².